The van der Waals surface area contributed by atoms with Crippen molar-refractivity contribution in [1.82, 2.24) is 5.32 Å². The SMILES string of the molecule is COc1cc(/C=C(/C#N)C(=O)NC(C)C)cc(I)c1OCC(=O)O. The molecule has 2 N–H and O–H groups in total. The van der Waals surface area contributed by atoms with E-state index in [1.807, 2.05) is 28.7 Å². The van der Waals surface area contributed by atoms with Gasteiger partial charge in [0.25, 0.3) is 5.91 Å². The van der Waals surface area contributed by atoms with Crippen LogP contribution in [0, 0.1) is 14.9 Å². The summed E-state index contributed by atoms with van der Waals surface area (Å²) in [6.07, 6.45) is 1.43. The highest BCUT2D eigenvalue weighted by molar-refractivity contribution is 14.1. The molecule has 1 amide bonds. The summed E-state index contributed by atoms with van der Waals surface area (Å²) in [5, 5.41) is 20.5. The molecule has 0 fully saturated rings. The number of hydrogen-bond acceptors (Lipinski definition) is 5. The Morgan fingerprint density at radius 3 is 2.62 bits per heavy atom. The number of hydrogen-bond donors (Lipinski definition) is 2. The lowest BCUT2D eigenvalue weighted by Crippen LogP contribution is -2.30. The van der Waals surface area contributed by atoms with Gasteiger partial charge in [0, 0.05) is 6.04 Å². The van der Waals surface area contributed by atoms with Crippen LogP contribution in [0.5, 0.6) is 11.5 Å². The summed E-state index contributed by atoms with van der Waals surface area (Å²) in [6.45, 7) is 3.10. The van der Waals surface area contributed by atoms with Crippen LogP contribution in [0.1, 0.15) is 19.4 Å². The average Bonchev–Trinajstić information content (AvgIpc) is 2.49. The molecule has 1 aromatic rings. The second kappa shape index (κ2) is 9.12. The maximum Gasteiger partial charge on any atom is 0.341 e. The number of nitriles is 1. The molecule has 0 aromatic heterocycles. The van der Waals surface area contributed by atoms with Gasteiger partial charge < -0.3 is 19.9 Å². The molecule has 8 heteroatoms. The zero-order valence-electron chi connectivity index (χ0n) is 13.4. The largest absolute Gasteiger partial charge is 0.493 e. The highest BCUT2D eigenvalue weighted by Crippen LogP contribution is 2.34. The Morgan fingerprint density at radius 2 is 2.12 bits per heavy atom. The number of nitrogens with one attached hydrogen (secondary N) is 1. The van der Waals surface area contributed by atoms with Crippen molar-refractivity contribution in [2.24, 2.45) is 0 Å². The summed E-state index contributed by atoms with van der Waals surface area (Å²) in [7, 11) is 1.42. The first-order chi connectivity index (χ1) is 11.3. The topological polar surface area (TPSA) is 109 Å². The lowest BCUT2D eigenvalue weighted by atomic mass is 10.1. The standard InChI is InChI=1S/C16H17IN2O5/c1-9(2)19-16(22)11(7-18)4-10-5-12(17)15(13(6-10)23-3)24-8-14(20)21/h4-6,9H,8H2,1-3H3,(H,19,22)(H,20,21)/b11-4-. The Bertz CT molecular complexity index is 707. The Hall–Kier alpha value is -2.28. The zero-order chi connectivity index (χ0) is 18.3. The van der Waals surface area contributed by atoms with Crippen LogP contribution in [-0.4, -0.2) is 36.7 Å². The summed E-state index contributed by atoms with van der Waals surface area (Å²) in [5.74, 6) is -0.958. The zero-order valence-corrected chi connectivity index (χ0v) is 15.6. The molecule has 0 bridgehead atoms. The molecule has 0 aliphatic rings. The molecular formula is C16H17IN2O5. The van der Waals surface area contributed by atoms with E-state index in [-0.39, 0.29) is 11.6 Å². The van der Waals surface area contributed by atoms with E-state index in [4.69, 9.17) is 19.8 Å². The van der Waals surface area contributed by atoms with E-state index >= 15 is 0 Å². The van der Waals surface area contributed by atoms with Crippen molar-refractivity contribution in [2.45, 2.75) is 19.9 Å². The van der Waals surface area contributed by atoms with Gasteiger partial charge in [-0.2, -0.15) is 5.26 Å². The van der Waals surface area contributed by atoms with Crippen molar-refractivity contribution in [3.8, 4) is 17.6 Å². The van der Waals surface area contributed by atoms with E-state index in [2.05, 4.69) is 5.32 Å². The van der Waals surface area contributed by atoms with Crippen LogP contribution < -0.4 is 14.8 Å². The Labute approximate surface area is 153 Å². The number of nitrogens with zero attached hydrogens (tertiary/aromatic N) is 1. The van der Waals surface area contributed by atoms with Crippen LogP contribution in [0.15, 0.2) is 17.7 Å². The van der Waals surface area contributed by atoms with Crippen molar-refractivity contribution in [3.63, 3.8) is 0 Å². The van der Waals surface area contributed by atoms with Crippen molar-refractivity contribution in [3.05, 3.63) is 26.8 Å². The van der Waals surface area contributed by atoms with Crippen molar-refractivity contribution < 1.29 is 24.2 Å². The minimum absolute atomic E-state index is 0.0410. The number of carbonyl (C=O) groups is 2. The number of benzene rings is 1. The highest BCUT2D eigenvalue weighted by atomic mass is 127. The lowest BCUT2D eigenvalue weighted by molar-refractivity contribution is -0.139. The molecule has 1 rings (SSSR count). The number of halogens is 1. The molecule has 24 heavy (non-hydrogen) atoms. The van der Waals surface area contributed by atoms with Crippen LogP contribution >= 0.6 is 22.6 Å². The van der Waals surface area contributed by atoms with Crippen LogP contribution in [0.3, 0.4) is 0 Å². The summed E-state index contributed by atoms with van der Waals surface area (Å²) in [6, 6.07) is 5.01. The molecular weight excluding hydrogens is 427 g/mol. The van der Waals surface area contributed by atoms with E-state index in [1.54, 1.807) is 26.0 Å². The first-order valence-corrected chi connectivity index (χ1v) is 8.01. The monoisotopic (exact) mass is 444 g/mol. The maximum atomic E-state index is 11.9. The van der Waals surface area contributed by atoms with Crippen LogP contribution in [0.25, 0.3) is 6.08 Å². The molecule has 0 atom stereocenters. The number of carboxylic acids is 1. The second-order valence-corrected chi connectivity index (χ2v) is 6.18. The summed E-state index contributed by atoms with van der Waals surface area (Å²) >= 11 is 1.97. The molecule has 0 spiro atoms. The van der Waals surface area contributed by atoms with E-state index in [9.17, 15) is 9.59 Å². The molecule has 0 aliphatic heterocycles. The van der Waals surface area contributed by atoms with E-state index < -0.39 is 18.5 Å². The number of aliphatic carboxylic acids is 1. The number of rotatable bonds is 7. The summed E-state index contributed by atoms with van der Waals surface area (Å²) < 4.78 is 11.0. The van der Waals surface area contributed by atoms with Gasteiger partial charge in [0.15, 0.2) is 18.1 Å². The van der Waals surface area contributed by atoms with Crippen molar-refractivity contribution in [2.75, 3.05) is 13.7 Å². The number of methoxy groups -OCH3 is 1. The number of carbonyl (C=O) groups excluding carboxylic acids is 1. The summed E-state index contributed by atoms with van der Waals surface area (Å²) in [5.41, 5.74) is 0.523. The van der Waals surface area contributed by atoms with Crippen LogP contribution in [-0.2, 0) is 9.59 Å². The maximum absolute atomic E-state index is 11.9. The predicted molar refractivity (Wildman–Crippen MR) is 95.7 cm³/mol. The molecule has 0 aliphatic carbocycles. The quantitative estimate of drug-likeness (QED) is 0.379. The molecule has 1 aromatic carbocycles. The van der Waals surface area contributed by atoms with Gasteiger partial charge in [-0.15, -0.1) is 0 Å². The van der Waals surface area contributed by atoms with Gasteiger partial charge in [-0.1, -0.05) is 0 Å². The second-order valence-electron chi connectivity index (χ2n) is 5.01. The van der Waals surface area contributed by atoms with Gasteiger partial charge >= 0.3 is 5.97 Å². The van der Waals surface area contributed by atoms with Gasteiger partial charge in [-0.25, -0.2) is 4.79 Å². The Morgan fingerprint density at radius 1 is 1.46 bits per heavy atom. The average molecular weight is 444 g/mol. The molecule has 0 radical (unpaired) electrons. The normalized spacial score (nSPS) is 10.9. The van der Waals surface area contributed by atoms with Crippen molar-refractivity contribution in [1.29, 1.82) is 5.26 Å². The fourth-order valence-corrected chi connectivity index (χ4v) is 2.53. The van der Waals surface area contributed by atoms with E-state index in [0.717, 1.165) is 0 Å². The van der Waals surface area contributed by atoms with Gasteiger partial charge in [0.05, 0.1) is 10.7 Å². The van der Waals surface area contributed by atoms with Gasteiger partial charge in [-0.05, 0) is 60.2 Å². The number of ether oxygens (including phenoxy) is 2. The van der Waals surface area contributed by atoms with Crippen LogP contribution in [0.2, 0.25) is 0 Å². The first kappa shape index (κ1) is 19.8. The number of amides is 1. The molecule has 0 saturated carbocycles. The third kappa shape index (κ3) is 5.73. The first-order valence-electron chi connectivity index (χ1n) is 6.93. The van der Waals surface area contributed by atoms with Crippen molar-refractivity contribution >= 4 is 40.5 Å². The van der Waals surface area contributed by atoms with Crippen LogP contribution in [0.4, 0.5) is 0 Å². The Kier molecular flexibility index (Phi) is 7.51. The molecule has 0 saturated heterocycles. The summed E-state index contributed by atoms with van der Waals surface area (Å²) in [4.78, 5) is 22.6. The van der Waals surface area contributed by atoms with Gasteiger partial charge in [-0.3, -0.25) is 4.79 Å². The van der Waals surface area contributed by atoms with E-state index in [1.165, 1.54) is 13.2 Å². The highest BCUT2D eigenvalue weighted by Gasteiger charge is 2.15. The minimum atomic E-state index is -1.10. The molecule has 7 nitrogen and oxygen atoms in total. The molecule has 128 valence electrons. The fraction of sp³-hybridized carbons (Fsp3) is 0.312. The van der Waals surface area contributed by atoms with Gasteiger partial charge in [0.1, 0.15) is 11.6 Å². The molecule has 0 unspecified atom stereocenters. The lowest BCUT2D eigenvalue weighted by Gasteiger charge is -2.12. The molecule has 0 heterocycles. The fourth-order valence-electron chi connectivity index (χ4n) is 1.75. The third-order valence-corrected chi connectivity index (χ3v) is 3.49. The predicted octanol–water partition coefficient (Wildman–Crippen LogP) is 2.19. The number of carboxylic acid groups (broad SMARTS) is 1. The van der Waals surface area contributed by atoms with Gasteiger partial charge in [0.2, 0.25) is 0 Å². The smallest absolute Gasteiger partial charge is 0.341 e. The van der Waals surface area contributed by atoms with E-state index in [0.29, 0.717) is 20.6 Å². The Balaban J connectivity index is 3.19. The minimum Gasteiger partial charge on any atom is -0.493 e. The third-order valence-electron chi connectivity index (χ3n) is 2.69.